The number of carbonyl (C=O) groups is 1. The molecule has 0 aliphatic rings. The van der Waals surface area contributed by atoms with Crippen molar-refractivity contribution in [1.29, 1.82) is 0 Å². The van der Waals surface area contributed by atoms with Gasteiger partial charge in [-0.3, -0.25) is 9.36 Å². The number of aromatic nitrogens is 3. The van der Waals surface area contributed by atoms with Crippen LogP contribution in [-0.4, -0.2) is 44.4 Å². The Bertz CT molecular complexity index is 1350. The highest BCUT2D eigenvalue weighted by atomic mass is 35.5. The number of phenols is 1. The van der Waals surface area contributed by atoms with Gasteiger partial charge in [-0.15, -0.1) is 10.2 Å². The third kappa shape index (κ3) is 5.82. The van der Waals surface area contributed by atoms with Crippen molar-refractivity contribution >= 4 is 35.0 Å². The number of thioether (sulfide) groups is 1. The number of aromatic hydroxyl groups is 1. The molecule has 0 aliphatic carbocycles. The molecule has 0 radical (unpaired) electrons. The number of benzene rings is 3. The SMILES string of the molecule is COc1ccc(-c2nnc(SCC(=O)NN=C(C)c3ccccc3O)n2-c2ccc(Cl)cc2)cc1. The Balaban J connectivity index is 1.54. The predicted molar refractivity (Wildman–Crippen MR) is 138 cm³/mol. The van der Waals surface area contributed by atoms with Gasteiger partial charge in [-0.05, 0) is 67.6 Å². The molecular weight excluding hydrogens is 486 g/mol. The molecule has 3 aromatic carbocycles. The number of hydrazone groups is 1. The number of hydrogen-bond acceptors (Lipinski definition) is 7. The Kier molecular flexibility index (Phi) is 7.69. The summed E-state index contributed by atoms with van der Waals surface area (Å²) in [7, 11) is 1.61. The number of amides is 1. The number of carbonyl (C=O) groups excluding carboxylic acids is 1. The predicted octanol–water partition coefficient (Wildman–Crippen LogP) is 4.93. The Morgan fingerprint density at radius 3 is 2.49 bits per heavy atom. The van der Waals surface area contributed by atoms with E-state index in [1.54, 1.807) is 50.4 Å². The summed E-state index contributed by atoms with van der Waals surface area (Å²) in [4.78, 5) is 12.5. The molecule has 1 heterocycles. The number of ether oxygens (including phenoxy) is 1. The molecule has 4 aromatic rings. The van der Waals surface area contributed by atoms with Gasteiger partial charge in [0, 0.05) is 21.8 Å². The molecule has 35 heavy (non-hydrogen) atoms. The van der Waals surface area contributed by atoms with Crippen molar-refractivity contribution in [2.24, 2.45) is 5.10 Å². The third-order valence-electron chi connectivity index (χ3n) is 5.04. The van der Waals surface area contributed by atoms with Crippen LogP contribution in [0.25, 0.3) is 17.1 Å². The second kappa shape index (κ2) is 11.1. The number of nitrogens with one attached hydrogen (secondary N) is 1. The van der Waals surface area contributed by atoms with E-state index in [1.807, 2.05) is 41.0 Å². The van der Waals surface area contributed by atoms with E-state index in [9.17, 15) is 9.90 Å². The van der Waals surface area contributed by atoms with Gasteiger partial charge >= 0.3 is 0 Å². The largest absolute Gasteiger partial charge is 0.507 e. The van der Waals surface area contributed by atoms with Crippen molar-refractivity contribution in [1.82, 2.24) is 20.2 Å². The first-order chi connectivity index (χ1) is 17.0. The summed E-state index contributed by atoms with van der Waals surface area (Å²) in [6, 6.07) is 21.6. The number of hydrogen-bond donors (Lipinski definition) is 2. The number of halogens is 1. The summed E-state index contributed by atoms with van der Waals surface area (Å²) >= 11 is 7.31. The molecule has 4 rings (SSSR count). The lowest BCUT2D eigenvalue weighted by atomic mass is 10.1. The van der Waals surface area contributed by atoms with Crippen LogP contribution in [0.2, 0.25) is 5.02 Å². The van der Waals surface area contributed by atoms with Crippen molar-refractivity contribution in [3.63, 3.8) is 0 Å². The van der Waals surface area contributed by atoms with Crippen LogP contribution in [0, 0.1) is 0 Å². The molecule has 2 N–H and O–H groups in total. The molecule has 0 atom stereocenters. The van der Waals surface area contributed by atoms with Gasteiger partial charge in [0.15, 0.2) is 11.0 Å². The van der Waals surface area contributed by atoms with E-state index in [0.29, 0.717) is 27.3 Å². The first kappa shape index (κ1) is 24.3. The van der Waals surface area contributed by atoms with Crippen molar-refractivity contribution in [3.05, 3.63) is 83.4 Å². The Morgan fingerprint density at radius 2 is 1.80 bits per heavy atom. The van der Waals surface area contributed by atoms with Crippen LogP contribution in [0.3, 0.4) is 0 Å². The lowest BCUT2D eigenvalue weighted by molar-refractivity contribution is -0.118. The minimum Gasteiger partial charge on any atom is -0.507 e. The van der Waals surface area contributed by atoms with Gasteiger partial charge in [0.25, 0.3) is 5.91 Å². The van der Waals surface area contributed by atoms with E-state index < -0.39 is 0 Å². The third-order valence-corrected chi connectivity index (χ3v) is 6.22. The maximum atomic E-state index is 12.5. The van der Waals surface area contributed by atoms with E-state index in [0.717, 1.165) is 17.0 Å². The zero-order chi connectivity index (χ0) is 24.8. The highest BCUT2D eigenvalue weighted by Gasteiger charge is 2.17. The standard InChI is InChI=1S/C25H22ClN5O3S/c1-16(21-5-3-4-6-22(21)32)27-28-23(33)15-35-25-30-29-24(17-7-13-20(34-2)14-8-17)31(25)19-11-9-18(26)10-12-19/h3-14,32H,15H2,1-2H3,(H,28,33). The maximum absolute atomic E-state index is 12.5. The van der Waals surface area contributed by atoms with E-state index >= 15 is 0 Å². The molecule has 0 saturated heterocycles. The number of rotatable bonds is 8. The Labute approximate surface area is 211 Å². The molecule has 0 spiro atoms. The molecule has 1 amide bonds. The summed E-state index contributed by atoms with van der Waals surface area (Å²) in [5.41, 5.74) is 5.21. The molecule has 8 nitrogen and oxygen atoms in total. The average molecular weight is 508 g/mol. The molecule has 0 aliphatic heterocycles. The quantitative estimate of drug-likeness (QED) is 0.199. The first-order valence-corrected chi connectivity index (χ1v) is 11.9. The molecule has 0 bridgehead atoms. The zero-order valence-electron chi connectivity index (χ0n) is 19.0. The fraction of sp³-hybridized carbons (Fsp3) is 0.120. The van der Waals surface area contributed by atoms with Crippen molar-refractivity contribution in [2.45, 2.75) is 12.1 Å². The fourth-order valence-electron chi connectivity index (χ4n) is 3.26. The minimum absolute atomic E-state index is 0.0614. The second-order valence-electron chi connectivity index (χ2n) is 7.38. The lowest BCUT2D eigenvalue weighted by Crippen LogP contribution is -2.21. The van der Waals surface area contributed by atoms with Gasteiger partial charge < -0.3 is 9.84 Å². The van der Waals surface area contributed by atoms with Crippen LogP contribution in [0.1, 0.15) is 12.5 Å². The molecule has 0 fully saturated rings. The van der Waals surface area contributed by atoms with E-state index in [4.69, 9.17) is 16.3 Å². The van der Waals surface area contributed by atoms with Crippen LogP contribution < -0.4 is 10.2 Å². The summed E-state index contributed by atoms with van der Waals surface area (Å²) < 4.78 is 7.11. The average Bonchev–Trinajstić information content (AvgIpc) is 3.30. The highest BCUT2D eigenvalue weighted by Crippen LogP contribution is 2.29. The van der Waals surface area contributed by atoms with Gasteiger partial charge in [0.2, 0.25) is 0 Å². The number of methoxy groups -OCH3 is 1. The number of phenolic OH excluding ortho intramolecular Hbond substituents is 1. The molecule has 1 aromatic heterocycles. The smallest absolute Gasteiger partial charge is 0.250 e. The number of para-hydroxylation sites is 1. The van der Waals surface area contributed by atoms with Gasteiger partial charge in [0.1, 0.15) is 11.5 Å². The van der Waals surface area contributed by atoms with Gasteiger partial charge in [-0.2, -0.15) is 5.10 Å². The fourth-order valence-corrected chi connectivity index (χ4v) is 4.13. The van der Waals surface area contributed by atoms with E-state index in [2.05, 4.69) is 20.7 Å². The molecular formula is C25H22ClN5O3S. The van der Waals surface area contributed by atoms with Gasteiger partial charge in [-0.1, -0.05) is 35.5 Å². The summed E-state index contributed by atoms with van der Waals surface area (Å²) in [5.74, 6) is 1.19. The first-order valence-electron chi connectivity index (χ1n) is 10.6. The topological polar surface area (TPSA) is 102 Å². The van der Waals surface area contributed by atoms with Gasteiger partial charge in [0.05, 0.1) is 18.6 Å². The van der Waals surface area contributed by atoms with Gasteiger partial charge in [-0.25, -0.2) is 5.43 Å². The lowest BCUT2D eigenvalue weighted by Gasteiger charge is -2.11. The van der Waals surface area contributed by atoms with Crippen LogP contribution in [0.5, 0.6) is 11.5 Å². The van der Waals surface area contributed by atoms with Crippen molar-refractivity contribution < 1.29 is 14.6 Å². The van der Waals surface area contributed by atoms with Crippen LogP contribution >= 0.6 is 23.4 Å². The Hall–Kier alpha value is -3.82. The normalized spacial score (nSPS) is 11.3. The van der Waals surface area contributed by atoms with E-state index in [1.165, 1.54) is 11.8 Å². The summed E-state index contributed by atoms with van der Waals surface area (Å²) in [5, 5.41) is 23.9. The molecule has 0 unspecified atom stereocenters. The van der Waals surface area contributed by atoms with Crippen LogP contribution in [0.15, 0.2) is 83.1 Å². The Morgan fingerprint density at radius 1 is 1.09 bits per heavy atom. The van der Waals surface area contributed by atoms with Crippen molar-refractivity contribution in [2.75, 3.05) is 12.9 Å². The zero-order valence-corrected chi connectivity index (χ0v) is 20.5. The van der Waals surface area contributed by atoms with E-state index in [-0.39, 0.29) is 17.4 Å². The molecule has 0 saturated carbocycles. The molecule has 178 valence electrons. The van der Waals surface area contributed by atoms with Crippen LogP contribution in [-0.2, 0) is 4.79 Å². The second-order valence-corrected chi connectivity index (χ2v) is 8.76. The minimum atomic E-state index is -0.318. The monoisotopic (exact) mass is 507 g/mol. The summed E-state index contributed by atoms with van der Waals surface area (Å²) in [6.07, 6.45) is 0. The maximum Gasteiger partial charge on any atom is 0.250 e. The number of nitrogens with zero attached hydrogens (tertiary/aromatic N) is 4. The molecule has 10 heteroatoms. The summed E-state index contributed by atoms with van der Waals surface area (Å²) in [6.45, 7) is 1.71. The highest BCUT2D eigenvalue weighted by molar-refractivity contribution is 7.99. The van der Waals surface area contributed by atoms with Crippen molar-refractivity contribution in [3.8, 4) is 28.6 Å². The van der Waals surface area contributed by atoms with Crippen LogP contribution in [0.4, 0.5) is 0 Å².